The molecule has 0 radical (unpaired) electrons. The first-order valence-electron chi connectivity index (χ1n) is 6.57. The fourth-order valence-corrected chi connectivity index (χ4v) is 3.84. The third-order valence-corrected chi connectivity index (χ3v) is 5.03. The maximum atomic E-state index is 6.59. The molecule has 1 aliphatic carbocycles. The van der Waals surface area contributed by atoms with Gasteiger partial charge in [-0.1, -0.05) is 38.7 Å². The molecule has 1 aromatic rings. The Morgan fingerprint density at radius 1 is 1.44 bits per heavy atom. The molecule has 0 spiro atoms. The third-order valence-electron chi connectivity index (χ3n) is 3.94. The van der Waals surface area contributed by atoms with Crippen LogP contribution in [0.15, 0.2) is 17.5 Å². The van der Waals surface area contributed by atoms with E-state index in [9.17, 15) is 0 Å². The van der Waals surface area contributed by atoms with Crippen LogP contribution >= 0.6 is 11.3 Å². The van der Waals surface area contributed by atoms with Crippen LogP contribution in [0.25, 0.3) is 0 Å². The summed E-state index contributed by atoms with van der Waals surface area (Å²) < 4.78 is 0. The van der Waals surface area contributed by atoms with Crippen molar-refractivity contribution in [3.8, 4) is 0 Å². The number of hydrogen-bond donors (Lipinski definition) is 1. The average molecular weight is 237 g/mol. The normalized spacial score (nSPS) is 31.2. The second-order valence-corrected chi connectivity index (χ2v) is 6.17. The molecule has 2 atom stereocenters. The van der Waals surface area contributed by atoms with Gasteiger partial charge < -0.3 is 5.73 Å². The first kappa shape index (κ1) is 12.1. The summed E-state index contributed by atoms with van der Waals surface area (Å²) in [5, 5.41) is 2.15. The van der Waals surface area contributed by atoms with E-state index in [2.05, 4.69) is 24.4 Å². The topological polar surface area (TPSA) is 26.0 Å². The summed E-state index contributed by atoms with van der Waals surface area (Å²) in [6.07, 6.45) is 9.08. The molecule has 16 heavy (non-hydrogen) atoms. The monoisotopic (exact) mass is 237 g/mol. The summed E-state index contributed by atoms with van der Waals surface area (Å²) in [7, 11) is 0. The molecule has 2 rings (SSSR count). The average Bonchev–Trinajstić information content (AvgIpc) is 2.74. The van der Waals surface area contributed by atoms with E-state index in [1.165, 1.54) is 49.8 Å². The lowest BCUT2D eigenvalue weighted by Gasteiger charge is -2.27. The number of nitrogens with two attached hydrogens (primary N) is 1. The summed E-state index contributed by atoms with van der Waals surface area (Å²) in [6, 6.07) is 4.34. The van der Waals surface area contributed by atoms with E-state index in [1.54, 1.807) is 0 Å². The Balaban J connectivity index is 2.02. The minimum Gasteiger partial charge on any atom is -0.321 e. The van der Waals surface area contributed by atoms with Gasteiger partial charge in [0, 0.05) is 4.88 Å². The van der Waals surface area contributed by atoms with E-state index >= 15 is 0 Å². The van der Waals surface area contributed by atoms with Gasteiger partial charge in [0.1, 0.15) is 0 Å². The molecular weight excluding hydrogens is 214 g/mol. The molecule has 1 heterocycles. The van der Waals surface area contributed by atoms with Gasteiger partial charge in [0.15, 0.2) is 0 Å². The van der Waals surface area contributed by atoms with E-state index in [-0.39, 0.29) is 5.54 Å². The van der Waals surface area contributed by atoms with Crippen LogP contribution in [0.2, 0.25) is 0 Å². The lowest BCUT2D eigenvalue weighted by molar-refractivity contribution is 0.373. The van der Waals surface area contributed by atoms with Crippen LogP contribution in [0, 0.1) is 5.92 Å². The van der Waals surface area contributed by atoms with Crippen LogP contribution in [-0.4, -0.2) is 0 Å². The smallest absolute Gasteiger partial charge is 0.0503 e. The zero-order valence-electron chi connectivity index (χ0n) is 10.2. The molecule has 1 aliphatic rings. The summed E-state index contributed by atoms with van der Waals surface area (Å²) >= 11 is 1.83. The van der Waals surface area contributed by atoms with Crippen LogP contribution in [-0.2, 0) is 5.54 Å². The van der Waals surface area contributed by atoms with E-state index in [0.717, 1.165) is 5.92 Å². The van der Waals surface area contributed by atoms with Gasteiger partial charge in [0.05, 0.1) is 5.54 Å². The third kappa shape index (κ3) is 2.67. The summed E-state index contributed by atoms with van der Waals surface area (Å²) in [5.41, 5.74) is 6.58. The Morgan fingerprint density at radius 2 is 2.31 bits per heavy atom. The molecule has 1 fully saturated rings. The Kier molecular flexibility index (Phi) is 4.04. The van der Waals surface area contributed by atoms with Crippen molar-refractivity contribution >= 4 is 11.3 Å². The number of rotatable bonds is 3. The maximum absolute atomic E-state index is 6.59. The Hall–Kier alpha value is -0.340. The van der Waals surface area contributed by atoms with Gasteiger partial charge in [-0.15, -0.1) is 11.3 Å². The highest BCUT2D eigenvalue weighted by molar-refractivity contribution is 7.10. The molecule has 0 aromatic carbocycles. The molecule has 2 heteroatoms. The fourth-order valence-electron chi connectivity index (χ4n) is 2.94. The van der Waals surface area contributed by atoms with Crippen molar-refractivity contribution in [2.45, 2.75) is 57.4 Å². The van der Waals surface area contributed by atoms with E-state index in [0.29, 0.717) is 0 Å². The van der Waals surface area contributed by atoms with Crippen molar-refractivity contribution in [3.63, 3.8) is 0 Å². The Morgan fingerprint density at radius 3 is 3.00 bits per heavy atom. The molecule has 1 aromatic heterocycles. The predicted molar refractivity (Wildman–Crippen MR) is 71.7 cm³/mol. The van der Waals surface area contributed by atoms with Gasteiger partial charge in [0.2, 0.25) is 0 Å². The standard InChI is InChI=1S/C14H23NS/c1-2-5-12-6-3-9-14(15,10-8-12)13-7-4-11-16-13/h4,7,11-12H,2-3,5-6,8-10,15H2,1H3. The van der Waals surface area contributed by atoms with E-state index in [4.69, 9.17) is 5.73 Å². The Bertz CT molecular complexity index is 307. The predicted octanol–water partition coefficient (Wildman–Crippen LogP) is 4.28. The minimum atomic E-state index is -0.0172. The van der Waals surface area contributed by atoms with Crippen molar-refractivity contribution in [1.29, 1.82) is 0 Å². The van der Waals surface area contributed by atoms with Crippen LogP contribution in [0.3, 0.4) is 0 Å². The second-order valence-electron chi connectivity index (χ2n) is 5.22. The Labute approximate surface area is 103 Å². The highest BCUT2D eigenvalue weighted by Gasteiger charge is 2.31. The van der Waals surface area contributed by atoms with Gasteiger partial charge in [0.25, 0.3) is 0 Å². The fraction of sp³-hybridized carbons (Fsp3) is 0.714. The summed E-state index contributed by atoms with van der Waals surface area (Å²) in [4.78, 5) is 1.39. The summed E-state index contributed by atoms with van der Waals surface area (Å²) in [6.45, 7) is 2.29. The minimum absolute atomic E-state index is 0.0172. The molecule has 0 bridgehead atoms. The van der Waals surface area contributed by atoms with Crippen molar-refractivity contribution < 1.29 is 0 Å². The highest BCUT2D eigenvalue weighted by Crippen LogP contribution is 2.38. The van der Waals surface area contributed by atoms with Crippen LogP contribution in [0.1, 0.15) is 56.7 Å². The molecule has 1 nitrogen and oxygen atoms in total. The lowest BCUT2D eigenvalue weighted by atomic mass is 9.88. The van der Waals surface area contributed by atoms with Crippen LogP contribution < -0.4 is 5.73 Å². The van der Waals surface area contributed by atoms with E-state index in [1.807, 2.05) is 11.3 Å². The first-order chi connectivity index (χ1) is 7.74. The first-order valence-corrected chi connectivity index (χ1v) is 7.45. The van der Waals surface area contributed by atoms with E-state index < -0.39 is 0 Å². The highest BCUT2D eigenvalue weighted by atomic mass is 32.1. The van der Waals surface area contributed by atoms with Gasteiger partial charge in [-0.3, -0.25) is 0 Å². The maximum Gasteiger partial charge on any atom is 0.0503 e. The van der Waals surface area contributed by atoms with Gasteiger partial charge >= 0.3 is 0 Å². The zero-order valence-corrected chi connectivity index (χ0v) is 11.1. The number of hydrogen-bond acceptors (Lipinski definition) is 2. The SMILES string of the molecule is CCCC1CCCC(N)(c2cccs2)CC1. The number of thiophene rings is 1. The molecule has 0 aliphatic heterocycles. The molecular formula is C14H23NS. The van der Waals surface area contributed by atoms with Crippen LogP contribution in [0.4, 0.5) is 0 Å². The lowest BCUT2D eigenvalue weighted by Crippen LogP contribution is -2.35. The summed E-state index contributed by atoms with van der Waals surface area (Å²) in [5.74, 6) is 0.926. The quantitative estimate of drug-likeness (QED) is 0.780. The largest absolute Gasteiger partial charge is 0.321 e. The van der Waals surface area contributed by atoms with Gasteiger partial charge in [-0.2, -0.15) is 0 Å². The molecule has 2 unspecified atom stereocenters. The molecule has 2 N–H and O–H groups in total. The second kappa shape index (κ2) is 5.33. The van der Waals surface area contributed by atoms with Gasteiger partial charge in [-0.25, -0.2) is 0 Å². The molecule has 90 valence electrons. The molecule has 0 saturated heterocycles. The molecule has 1 saturated carbocycles. The van der Waals surface area contributed by atoms with Crippen molar-refractivity contribution in [3.05, 3.63) is 22.4 Å². The van der Waals surface area contributed by atoms with Crippen molar-refractivity contribution in [2.75, 3.05) is 0 Å². The van der Waals surface area contributed by atoms with Gasteiger partial charge in [-0.05, 0) is 36.6 Å². The molecule has 0 amide bonds. The van der Waals surface area contributed by atoms with Crippen molar-refractivity contribution in [1.82, 2.24) is 0 Å². The zero-order chi connectivity index (χ0) is 11.4. The van der Waals surface area contributed by atoms with Crippen molar-refractivity contribution in [2.24, 2.45) is 11.7 Å². The van der Waals surface area contributed by atoms with Crippen LogP contribution in [0.5, 0.6) is 0 Å².